The number of aliphatic hydroxyl groups excluding tert-OH is 1. The van der Waals surface area contributed by atoms with E-state index in [9.17, 15) is 5.11 Å². The molecule has 0 radical (unpaired) electrons. The topological polar surface area (TPSA) is 35.9 Å². The molecule has 0 aromatic heterocycles. The van der Waals surface area contributed by atoms with E-state index in [1.54, 1.807) is 0 Å². The summed E-state index contributed by atoms with van der Waals surface area (Å²) in [6.07, 6.45) is 4.76. The summed E-state index contributed by atoms with van der Waals surface area (Å²) >= 11 is 0. The van der Waals surface area contributed by atoms with E-state index in [1.165, 1.54) is 18.5 Å². The fourth-order valence-corrected chi connectivity index (χ4v) is 4.52. The van der Waals surface area contributed by atoms with Crippen molar-refractivity contribution in [3.63, 3.8) is 0 Å². The zero-order valence-corrected chi connectivity index (χ0v) is 19.7. The molecule has 1 aliphatic carbocycles. The van der Waals surface area contributed by atoms with Crippen LogP contribution in [0, 0.1) is 11.3 Å². The molecule has 4 nitrogen and oxygen atoms in total. The van der Waals surface area contributed by atoms with Crippen LogP contribution >= 0.6 is 0 Å². The summed E-state index contributed by atoms with van der Waals surface area (Å²) in [7, 11) is 0. The van der Waals surface area contributed by atoms with Crippen molar-refractivity contribution >= 4 is 5.69 Å². The van der Waals surface area contributed by atoms with Gasteiger partial charge in [0, 0.05) is 38.4 Å². The van der Waals surface area contributed by atoms with E-state index in [0.717, 1.165) is 51.5 Å². The molecule has 1 heterocycles. The Bertz CT molecular complexity index is 552. The van der Waals surface area contributed by atoms with Gasteiger partial charge < -0.3 is 39.6 Å². The lowest BCUT2D eigenvalue weighted by molar-refractivity contribution is -0.0446. The van der Waals surface area contributed by atoms with Gasteiger partial charge in [0.25, 0.3) is 0 Å². The molecule has 1 atom stereocenters. The predicted octanol–water partition coefficient (Wildman–Crippen LogP) is -2.20. The summed E-state index contributed by atoms with van der Waals surface area (Å²) in [5.74, 6) is 0.809. The lowest BCUT2D eigenvalue weighted by Crippen LogP contribution is -3.00. The number of aliphatic hydroxyl groups is 1. The first-order valence-corrected chi connectivity index (χ1v) is 10.7. The third-order valence-corrected chi connectivity index (χ3v) is 6.39. The number of hydrogen-bond acceptors (Lipinski definition) is 4. The summed E-state index contributed by atoms with van der Waals surface area (Å²) in [6, 6.07) is 10.6. The first-order valence-electron chi connectivity index (χ1n) is 10.7. The highest BCUT2D eigenvalue weighted by Gasteiger charge is 2.30. The number of para-hydroxylation sites is 1. The Morgan fingerprint density at radius 3 is 2.10 bits per heavy atom. The molecule has 1 aromatic rings. The van der Waals surface area contributed by atoms with E-state index in [1.807, 2.05) is 0 Å². The first kappa shape index (κ1) is 26.5. The van der Waals surface area contributed by atoms with Crippen molar-refractivity contribution in [1.29, 1.82) is 0 Å². The maximum absolute atomic E-state index is 10.4. The minimum Gasteiger partial charge on any atom is -1.00 e. The molecule has 0 spiro atoms. The Labute approximate surface area is 189 Å². The highest BCUT2D eigenvalue weighted by Crippen LogP contribution is 2.38. The molecule has 3 rings (SSSR count). The van der Waals surface area contributed by atoms with Crippen molar-refractivity contribution in [3.05, 3.63) is 30.3 Å². The zero-order valence-electron chi connectivity index (χ0n) is 18.2. The van der Waals surface area contributed by atoms with Crippen molar-refractivity contribution in [3.8, 4) is 0 Å². The smallest absolute Gasteiger partial charge is 0.0900 e. The lowest BCUT2D eigenvalue weighted by atomic mass is 9.72. The second-order valence-electron chi connectivity index (χ2n) is 9.45. The van der Waals surface area contributed by atoms with Gasteiger partial charge in [-0.3, -0.25) is 4.90 Å². The van der Waals surface area contributed by atoms with Crippen molar-refractivity contribution in [2.45, 2.75) is 58.7 Å². The number of β-amino-alcohol motifs (C(OH)–C–C–N with tert-alkyl or cyclic N) is 1. The molecule has 1 saturated heterocycles. The second-order valence-corrected chi connectivity index (χ2v) is 9.45. The molecular formula is C23H38Cl2N2O2-2. The van der Waals surface area contributed by atoms with Crippen LogP contribution in [0.4, 0.5) is 5.69 Å². The maximum atomic E-state index is 10.4. The van der Waals surface area contributed by atoms with Crippen LogP contribution in [0.3, 0.4) is 0 Å². The van der Waals surface area contributed by atoms with Crippen LogP contribution in [0.5, 0.6) is 0 Å². The van der Waals surface area contributed by atoms with Gasteiger partial charge in [-0.25, -0.2) is 0 Å². The number of rotatable bonds is 6. The molecule has 168 valence electrons. The molecule has 6 heteroatoms. The van der Waals surface area contributed by atoms with Gasteiger partial charge in [-0.2, -0.15) is 0 Å². The summed E-state index contributed by atoms with van der Waals surface area (Å²) < 4.78 is 6.05. The average Bonchev–Trinajstić information content (AvgIpc) is 2.67. The molecular weight excluding hydrogens is 407 g/mol. The third kappa shape index (κ3) is 8.26. The van der Waals surface area contributed by atoms with Gasteiger partial charge in [-0.1, -0.05) is 39.0 Å². The van der Waals surface area contributed by atoms with E-state index >= 15 is 0 Å². The Morgan fingerprint density at radius 1 is 0.966 bits per heavy atom. The Hall–Kier alpha value is -0.520. The predicted molar refractivity (Wildman–Crippen MR) is 112 cm³/mol. The Morgan fingerprint density at radius 2 is 1.55 bits per heavy atom. The molecule has 1 aliphatic heterocycles. The van der Waals surface area contributed by atoms with Crippen LogP contribution in [-0.4, -0.2) is 61.5 Å². The fraction of sp³-hybridized carbons (Fsp3) is 0.739. The molecule has 1 aromatic carbocycles. The monoisotopic (exact) mass is 444 g/mol. The lowest BCUT2D eigenvalue weighted by Gasteiger charge is -2.38. The Balaban J connectivity index is 0.00000210. The van der Waals surface area contributed by atoms with Crippen LogP contribution in [0.1, 0.15) is 46.5 Å². The molecule has 2 aliphatic rings. The van der Waals surface area contributed by atoms with E-state index < -0.39 is 0 Å². The second kappa shape index (κ2) is 12.4. The van der Waals surface area contributed by atoms with E-state index in [0.29, 0.717) is 18.1 Å². The van der Waals surface area contributed by atoms with Gasteiger partial charge in [0.1, 0.15) is 0 Å². The van der Waals surface area contributed by atoms with Crippen molar-refractivity contribution in [1.82, 2.24) is 4.90 Å². The number of ether oxygens (including phenoxy) is 1. The van der Waals surface area contributed by atoms with Crippen molar-refractivity contribution in [2.75, 3.05) is 44.2 Å². The standard InChI is InChI=1S/C23H38N2O2.2ClH/c1-23(2,3)19-9-11-22(12-10-19)27-18-21(26)17-24-13-15-25(16-14-24)20-7-5-4-6-8-20;;/h4-8,19,21-22,26H,9-18H2,1-3H3;2*1H/p-2. The average molecular weight is 445 g/mol. The number of halogens is 2. The summed E-state index contributed by atoms with van der Waals surface area (Å²) in [5.41, 5.74) is 1.71. The number of hydrogen-bond donors (Lipinski definition) is 1. The van der Waals surface area contributed by atoms with Gasteiger partial charge >= 0.3 is 0 Å². The SMILES string of the molecule is CC(C)(C)C1CCC(OCC(O)CN2CCN(c3ccccc3)CC2)CC1.[Cl-].[Cl-]. The molecule has 1 unspecified atom stereocenters. The molecule has 29 heavy (non-hydrogen) atoms. The number of benzene rings is 1. The molecule has 1 saturated carbocycles. The fourth-order valence-electron chi connectivity index (χ4n) is 4.52. The van der Waals surface area contributed by atoms with Crippen molar-refractivity contribution in [2.24, 2.45) is 11.3 Å². The van der Waals surface area contributed by atoms with E-state index in [2.05, 4.69) is 60.9 Å². The zero-order chi connectivity index (χ0) is 19.3. The quantitative estimate of drug-likeness (QED) is 0.540. The normalized spacial score (nSPS) is 24.3. The summed E-state index contributed by atoms with van der Waals surface area (Å²) in [5, 5.41) is 10.4. The van der Waals surface area contributed by atoms with Gasteiger partial charge in [0.05, 0.1) is 18.8 Å². The van der Waals surface area contributed by atoms with Gasteiger partial charge in [-0.15, -0.1) is 0 Å². The Kier molecular flexibility index (Phi) is 11.3. The number of anilines is 1. The molecule has 1 N–H and O–H groups in total. The third-order valence-electron chi connectivity index (χ3n) is 6.39. The van der Waals surface area contributed by atoms with Crippen LogP contribution in [0.25, 0.3) is 0 Å². The summed E-state index contributed by atoms with van der Waals surface area (Å²) in [4.78, 5) is 4.79. The molecule has 0 bridgehead atoms. The minimum absolute atomic E-state index is 0. The number of piperazine rings is 1. The van der Waals surface area contributed by atoms with Crippen LogP contribution in [-0.2, 0) is 4.74 Å². The first-order chi connectivity index (χ1) is 12.9. The summed E-state index contributed by atoms with van der Waals surface area (Å²) in [6.45, 7) is 12.3. The minimum atomic E-state index is -0.381. The van der Waals surface area contributed by atoms with Crippen LogP contribution in [0.15, 0.2) is 30.3 Å². The number of nitrogens with zero attached hydrogens (tertiary/aromatic N) is 2. The van der Waals surface area contributed by atoms with Gasteiger partial charge in [-0.05, 0) is 49.1 Å². The van der Waals surface area contributed by atoms with Gasteiger partial charge in [0.2, 0.25) is 0 Å². The maximum Gasteiger partial charge on any atom is 0.0900 e. The molecule has 0 amide bonds. The van der Waals surface area contributed by atoms with Crippen molar-refractivity contribution < 1.29 is 34.7 Å². The van der Waals surface area contributed by atoms with E-state index in [-0.39, 0.29) is 30.9 Å². The van der Waals surface area contributed by atoms with E-state index in [4.69, 9.17) is 4.74 Å². The highest BCUT2D eigenvalue weighted by atomic mass is 35.5. The largest absolute Gasteiger partial charge is 1.00 e. The van der Waals surface area contributed by atoms with Crippen LogP contribution in [0.2, 0.25) is 0 Å². The molecule has 2 fully saturated rings. The van der Waals surface area contributed by atoms with Gasteiger partial charge in [0.15, 0.2) is 0 Å². The highest BCUT2D eigenvalue weighted by molar-refractivity contribution is 5.46. The van der Waals surface area contributed by atoms with Crippen LogP contribution < -0.4 is 29.7 Å².